The van der Waals surface area contributed by atoms with E-state index in [2.05, 4.69) is 10.6 Å². The quantitative estimate of drug-likeness (QED) is 0.728. The van der Waals surface area contributed by atoms with Crippen LogP contribution in [0.4, 0.5) is 10.1 Å². The van der Waals surface area contributed by atoms with Crippen LogP contribution < -0.4 is 15.5 Å². The molecule has 8 nitrogen and oxygen atoms in total. The summed E-state index contributed by atoms with van der Waals surface area (Å²) in [5, 5.41) is 5.35. The highest BCUT2D eigenvalue weighted by Crippen LogP contribution is 2.37. The van der Waals surface area contributed by atoms with Crippen molar-refractivity contribution in [1.82, 2.24) is 15.5 Å². The third-order valence-corrected chi connectivity index (χ3v) is 5.75. The normalized spacial score (nSPS) is 23.3. The first kappa shape index (κ1) is 18.5. The molecule has 3 heterocycles. The number of nitrogens with zero attached hydrogens (tertiary/aromatic N) is 2. The number of imide groups is 2. The van der Waals surface area contributed by atoms with E-state index in [0.29, 0.717) is 19.1 Å². The highest BCUT2D eigenvalue weighted by molar-refractivity contribution is 6.25. The van der Waals surface area contributed by atoms with E-state index in [1.54, 1.807) is 4.90 Å². The van der Waals surface area contributed by atoms with Crippen LogP contribution in [0, 0.1) is 5.82 Å². The zero-order chi connectivity index (χ0) is 20.0. The summed E-state index contributed by atoms with van der Waals surface area (Å²) in [4.78, 5) is 52.2. The van der Waals surface area contributed by atoms with Crippen molar-refractivity contribution < 1.29 is 23.6 Å². The Kier molecular flexibility index (Phi) is 4.62. The van der Waals surface area contributed by atoms with E-state index in [1.165, 1.54) is 12.1 Å². The summed E-state index contributed by atoms with van der Waals surface area (Å²) < 4.78 is 14.7. The molecule has 3 aliphatic heterocycles. The number of hydrogen-bond donors (Lipinski definition) is 2. The predicted octanol–water partition coefficient (Wildman–Crippen LogP) is 0.415. The topological polar surface area (TPSA) is 98.8 Å². The number of halogens is 1. The number of piperidine rings is 2. The van der Waals surface area contributed by atoms with Gasteiger partial charge >= 0.3 is 0 Å². The van der Waals surface area contributed by atoms with Gasteiger partial charge in [0.05, 0.1) is 16.8 Å². The average Bonchev–Trinajstić information content (AvgIpc) is 2.93. The van der Waals surface area contributed by atoms with Crippen molar-refractivity contribution in [3.05, 3.63) is 29.1 Å². The fourth-order valence-electron chi connectivity index (χ4n) is 4.22. The lowest BCUT2D eigenvalue weighted by Gasteiger charge is -2.34. The van der Waals surface area contributed by atoms with Crippen LogP contribution in [0.5, 0.6) is 0 Å². The molecule has 1 aromatic carbocycles. The fourth-order valence-corrected chi connectivity index (χ4v) is 4.22. The summed E-state index contributed by atoms with van der Waals surface area (Å²) in [5.41, 5.74) is 0.236. The van der Waals surface area contributed by atoms with E-state index in [-0.39, 0.29) is 29.7 Å². The largest absolute Gasteiger partial charge is 0.368 e. The van der Waals surface area contributed by atoms with Gasteiger partial charge in [0.25, 0.3) is 11.8 Å². The Morgan fingerprint density at radius 3 is 2.43 bits per heavy atom. The van der Waals surface area contributed by atoms with Gasteiger partial charge in [-0.3, -0.25) is 29.4 Å². The number of rotatable bonds is 3. The smallest absolute Gasteiger partial charge is 0.264 e. The molecule has 0 aliphatic carbocycles. The van der Waals surface area contributed by atoms with Gasteiger partial charge in [0.1, 0.15) is 11.9 Å². The van der Waals surface area contributed by atoms with Gasteiger partial charge in [-0.1, -0.05) is 0 Å². The van der Waals surface area contributed by atoms with E-state index in [1.807, 2.05) is 7.05 Å². The summed E-state index contributed by atoms with van der Waals surface area (Å²) >= 11 is 0. The van der Waals surface area contributed by atoms with Gasteiger partial charge in [-0.2, -0.15) is 0 Å². The third-order valence-electron chi connectivity index (χ3n) is 5.75. The first-order chi connectivity index (χ1) is 13.4. The van der Waals surface area contributed by atoms with E-state index in [4.69, 9.17) is 0 Å². The van der Waals surface area contributed by atoms with E-state index < -0.39 is 35.5 Å². The molecule has 0 spiro atoms. The molecule has 3 aliphatic rings. The molecule has 2 fully saturated rings. The Balaban J connectivity index is 1.69. The molecule has 1 unspecified atom stereocenters. The number of hydrogen-bond acceptors (Lipinski definition) is 6. The zero-order valence-electron chi connectivity index (χ0n) is 15.5. The minimum atomic E-state index is -1.06. The lowest BCUT2D eigenvalue weighted by Crippen LogP contribution is -2.54. The minimum absolute atomic E-state index is 0.0117. The summed E-state index contributed by atoms with van der Waals surface area (Å²) in [6, 6.07) is 1.75. The highest BCUT2D eigenvalue weighted by atomic mass is 19.1. The molecule has 148 valence electrons. The summed E-state index contributed by atoms with van der Waals surface area (Å²) in [7, 11) is 1.88. The molecule has 0 aromatic heterocycles. The number of anilines is 1. The van der Waals surface area contributed by atoms with Crippen molar-refractivity contribution in [3.8, 4) is 0 Å². The van der Waals surface area contributed by atoms with Crippen LogP contribution in [0.1, 0.15) is 46.4 Å². The van der Waals surface area contributed by atoms with Crippen LogP contribution >= 0.6 is 0 Å². The van der Waals surface area contributed by atoms with Crippen molar-refractivity contribution >= 4 is 29.3 Å². The van der Waals surface area contributed by atoms with Crippen LogP contribution in [-0.2, 0) is 9.59 Å². The van der Waals surface area contributed by atoms with Gasteiger partial charge in [0, 0.05) is 25.6 Å². The van der Waals surface area contributed by atoms with Crippen LogP contribution in [0.25, 0.3) is 0 Å². The number of amides is 4. The predicted molar refractivity (Wildman–Crippen MR) is 97.4 cm³/mol. The molecular weight excluding hydrogens is 367 g/mol. The fraction of sp³-hybridized carbons (Fsp3) is 0.474. The Labute approximate surface area is 161 Å². The summed E-state index contributed by atoms with van der Waals surface area (Å²) in [5.74, 6) is -2.98. The summed E-state index contributed by atoms with van der Waals surface area (Å²) in [6.45, 7) is 1.11. The Hall–Kier alpha value is -2.81. The minimum Gasteiger partial charge on any atom is -0.368 e. The van der Waals surface area contributed by atoms with Crippen molar-refractivity contribution in [2.45, 2.75) is 37.8 Å². The van der Waals surface area contributed by atoms with Gasteiger partial charge in [-0.25, -0.2) is 4.39 Å². The van der Waals surface area contributed by atoms with Crippen LogP contribution in [0.3, 0.4) is 0 Å². The SMILES string of the molecule is CNC1CCN(c2c(F)ccc3c2C(=O)N(C2CCC(=O)NC2=O)C3=O)CC1. The molecule has 0 radical (unpaired) electrons. The number of nitrogens with one attached hydrogen (secondary N) is 2. The van der Waals surface area contributed by atoms with Crippen LogP contribution in [0.2, 0.25) is 0 Å². The molecule has 4 amide bonds. The van der Waals surface area contributed by atoms with E-state index in [9.17, 15) is 23.6 Å². The van der Waals surface area contributed by atoms with E-state index >= 15 is 0 Å². The number of carbonyl (C=O) groups excluding carboxylic acids is 4. The third kappa shape index (κ3) is 2.86. The maximum absolute atomic E-state index is 14.7. The Morgan fingerprint density at radius 2 is 1.79 bits per heavy atom. The zero-order valence-corrected chi connectivity index (χ0v) is 15.5. The monoisotopic (exact) mass is 388 g/mol. The molecule has 28 heavy (non-hydrogen) atoms. The average molecular weight is 388 g/mol. The molecule has 2 saturated heterocycles. The number of carbonyl (C=O) groups is 4. The molecule has 1 aromatic rings. The molecule has 9 heteroatoms. The Bertz CT molecular complexity index is 879. The second-order valence-corrected chi connectivity index (χ2v) is 7.32. The van der Waals surface area contributed by atoms with Gasteiger partial charge in [-0.15, -0.1) is 0 Å². The molecule has 4 rings (SSSR count). The van der Waals surface area contributed by atoms with Crippen molar-refractivity contribution in [2.24, 2.45) is 0 Å². The maximum Gasteiger partial charge on any atom is 0.264 e. The lowest BCUT2D eigenvalue weighted by molar-refractivity contribution is -0.136. The Morgan fingerprint density at radius 1 is 1.07 bits per heavy atom. The molecule has 1 atom stereocenters. The molecular formula is C19H21FN4O4. The van der Waals surface area contributed by atoms with Crippen LogP contribution in [0.15, 0.2) is 12.1 Å². The maximum atomic E-state index is 14.7. The van der Waals surface area contributed by atoms with Gasteiger partial charge in [0.15, 0.2) is 0 Å². The number of benzene rings is 1. The van der Waals surface area contributed by atoms with Gasteiger partial charge < -0.3 is 10.2 Å². The molecule has 2 N–H and O–H groups in total. The molecule has 0 bridgehead atoms. The second-order valence-electron chi connectivity index (χ2n) is 7.32. The van der Waals surface area contributed by atoms with Gasteiger partial charge in [0.2, 0.25) is 11.8 Å². The van der Waals surface area contributed by atoms with E-state index in [0.717, 1.165) is 17.7 Å². The van der Waals surface area contributed by atoms with Crippen molar-refractivity contribution in [2.75, 3.05) is 25.0 Å². The molecule has 0 saturated carbocycles. The van der Waals surface area contributed by atoms with Crippen LogP contribution in [-0.4, -0.2) is 60.7 Å². The van der Waals surface area contributed by atoms with Crippen molar-refractivity contribution in [1.29, 1.82) is 0 Å². The standard InChI is InChI=1S/C19H21FN4O4/c1-21-10-6-8-23(9-7-10)16-12(20)3-2-11-15(16)19(28)24(18(11)27)13-4-5-14(25)22-17(13)26/h2-3,10,13,21H,4-9H2,1H3,(H,22,25,26). The summed E-state index contributed by atoms with van der Waals surface area (Å²) in [6.07, 6.45) is 1.70. The highest BCUT2D eigenvalue weighted by Gasteiger charge is 2.46. The number of fused-ring (bicyclic) bond motifs is 1. The van der Waals surface area contributed by atoms with Gasteiger partial charge in [-0.05, 0) is 38.4 Å². The van der Waals surface area contributed by atoms with Crippen molar-refractivity contribution in [3.63, 3.8) is 0 Å². The lowest BCUT2D eigenvalue weighted by atomic mass is 10.0. The first-order valence-corrected chi connectivity index (χ1v) is 9.38. The second kappa shape index (κ2) is 6.97. The first-order valence-electron chi connectivity index (χ1n) is 9.38.